The van der Waals surface area contributed by atoms with Crippen molar-refractivity contribution in [2.75, 3.05) is 7.11 Å². The van der Waals surface area contributed by atoms with E-state index in [1.54, 1.807) is 13.2 Å². The summed E-state index contributed by atoms with van der Waals surface area (Å²) in [5.74, 6) is 0.389. The van der Waals surface area contributed by atoms with Crippen molar-refractivity contribution >= 4 is 11.6 Å². The molecule has 0 atom stereocenters. The molecule has 0 aliphatic rings. The van der Waals surface area contributed by atoms with Crippen molar-refractivity contribution in [2.24, 2.45) is 5.10 Å². The van der Waals surface area contributed by atoms with E-state index in [9.17, 15) is 4.79 Å². The molecular weight excluding hydrogens is 340 g/mol. The summed E-state index contributed by atoms with van der Waals surface area (Å²) in [4.78, 5) is 12.4. The minimum atomic E-state index is -0.347. The van der Waals surface area contributed by atoms with Crippen molar-refractivity contribution in [3.63, 3.8) is 0 Å². The lowest BCUT2D eigenvalue weighted by Gasteiger charge is -2.04. The molecule has 6 heteroatoms. The summed E-state index contributed by atoms with van der Waals surface area (Å²) in [6, 6.07) is 15.3. The fourth-order valence-electron chi connectivity index (χ4n) is 2.59. The highest BCUT2D eigenvalue weighted by Gasteiger charge is 2.11. The van der Waals surface area contributed by atoms with Gasteiger partial charge in [-0.2, -0.15) is 10.2 Å². The Morgan fingerprint density at radius 3 is 2.67 bits per heavy atom. The second-order valence-electron chi connectivity index (χ2n) is 6.34. The number of nitrogens with zero attached hydrogens (tertiary/aromatic N) is 2. The van der Waals surface area contributed by atoms with E-state index >= 15 is 0 Å². The predicted octanol–water partition coefficient (Wildman–Crippen LogP) is 3.86. The second-order valence-corrected chi connectivity index (χ2v) is 6.34. The van der Waals surface area contributed by atoms with E-state index < -0.39 is 0 Å². The van der Waals surface area contributed by atoms with Gasteiger partial charge in [0.05, 0.1) is 18.5 Å². The van der Waals surface area contributed by atoms with Gasteiger partial charge < -0.3 is 4.74 Å². The van der Waals surface area contributed by atoms with Crippen molar-refractivity contribution in [3.8, 4) is 17.0 Å². The summed E-state index contributed by atoms with van der Waals surface area (Å²) >= 11 is 0. The van der Waals surface area contributed by atoms with Gasteiger partial charge in [-0.3, -0.25) is 9.89 Å². The van der Waals surface area contributed by atoms with Crippen LogP contribution in [0.2, 0.25) is 0 Å². The van der Waals surface area contributed by atoms with Gasteiger partial charge in [-0.25, -0.2) is 5.43 Å². The lowest BCUT2D eigenvalue weighted by Crippen LogP contribution is -2.19. The minimum Gasteiger partial charge on any atom is -0.497 e. The Morgan fingerprint density at radius 1 is 1.11 bits per heavy atom. The Hall–Kier alpha value is -3.41. The number of aromatic amines is 1. The molecule has 0 saturated heterocycles. The number of H-pyrrole nitrogens is 1. The van der Waals surface area contributed by atoms with Crippen LogP contribution in [0, 0.1) is 13.8 Å². The van der Waals surface area contributed by atoms with Crippen molar-refractivity contribution in [2.45, 2.75) is 20.8 Å². The maximum absolute atomic E-state index is 12.4. The van der Waals surface area contributed by atoms with E-state index in [2.05, 4.69) is 40.6 Å². The van der Waals surface area contributed by atoms with E-state index in [0.717, 1.165) is 22.6 Å². The number of benzene rings is 2. The van der Waals surface area contributed by atoms with E-state index in [-0.39, 0.29) is 5.91 Å². The summed E-state index contributed by atoms with van der Waals surface area (Å²) in [6.07, 6.45) is 0. The molecule has 0 aliphatic heterocycles. The van der Waals surface area contributed by atoms with Crippen LogP contribution in [0.4, 0.5) is 0 Å². The van der Waals surface area contributed by atoms with Gasteiger partial charge in [0.2, 0.25) is 0 Å². The Bertz CT molecular complexity index is 1000. The van der Waals surface area contributed by atoms with E-state index in [1.807, 2.05) is 43.3 Å². The molecule has 2 aromatic carbocycles. The number of rotatable bonds is 5. The Labute approximate surface area is 158 Å². The number of hydrazone groups is 1. The zero-order chi connectivity index (χ0) is 19.4. The molecule has 1 amide bonds. The molecule has 0 bridgehead atoms. The molecule has 138 valence electrons. The van der Waals surface area contributed by atoms with Gasteiger partial charge in [-0.1, -0.05) is 24.3 Å². The van der Waals surface area contributed by atoms with Crippen molar-refractivity contribution in [1.82, 2.24) is 15.6 Å². The summed E-state index contributed by atoms with van der Waals surface area (Å²) in [5, 5.41) is 11.2. The van der Waals surface area contributed by atoms with Gasteiger partial charge >= 0.3 is 0 Å². The molecule has 0 unspecified atom stereocenters. The maximum Gasteiger partial charge on any atom is 0.289 e. The Morgan fingerprint density at radius 2 is 1.93 bits per heavy atom. The number of aryl methyl sites for hydroxylation is 2. The van der Waals surface area contributed by atoms with Crippen LogP contribution in [0.3, 0.4) is 0 Å². The van der Waals surface area contributed by atoms with E-state index in [4.69, 9.17) is 4.74 Å². The monoisotopic (exact) mass is 362 g/mol. The molecule has 0 fully saturated rings. The second kappa shape index (κ2) is 7.86. The van der Waals surface area contributed by atoms with Crippen LogP contribution in [0.5, 0.6) is 5.75 Å². The van der Waals surface area contributed by atoms with Crippen LogP contribution in [0.15, 0.2) is 53.6 Å². The van der Waals surface area contributed by atoms with Crippen LogP contribution in [-0.2, 0) is 0 Å². The molecule has 1 aromatic heterocycles. The van der Waals surface area contributed by atoms with Gasteiger partial charge in [0, 0.05) is 11.1 Å². The highest BCUT2D eigenvalue weighted by Crippen LogP contribution is 2.21. The number of nitrogens with one attached hydrogen (secondary N) is 2. The van der Waals surface area contributed by atoms with E-state index in [0.29, 0.717) is 11.4 Å². The van der Waals surface area contributed by atoms with E-state index in [1.165, 1.54) is 11.1 Å². The third kappa shape index (κ3) is 4.23. The molecule has 1 heterocycles. The topological polar surface area (TPSA) is 79.4 Å². The number of aromatic nitrogens is 2. The average Bonchev–Trinajstić information content (AvgIpc) is 3.18. The van der Waals surface area contributed by atoms with Gasteiger partial charge in [0.25, 0.3) is 5.91 Å². The highest BCUT2D eigenvalue weighted by atomic mass is 16.5. The number of hydrogen-bond donors (Lipinski definition) is 2. The van der Waals surface area contributed by atoms with Gasteiger partial charge in [0.15, 0.2) is 0 Å². The first-order valence-electron chi connectivity index (χ1n) is 8.60. The van der Waals surface area contributed by atoms with Crippen molar-refractivity contribution < 1.29 is 9.53 Å². The SMILES string of the molecule is COc1cccc(/C(C)=N\NC(=O)c2cc(-c3ccc(C)c(C)c3)n[nH]2)c1. The summed E-state index contributed by atoms with van der Waals surface area (Å²) in [6.45, 7) is 5.93. The number of carbonyl (C=O) groups is 1. The molecule has 3 rings (SSSR count). The number of methoxy groups -OCH3 is 1. The van der Waals surface area contributed by atoms with Crippen molar-refractivity contribution in [3.05, 3.63) is 70.9 Å². The lowest BCUT2D eigenvalue weighted by molar-refractivity contribution is 0.0950. The Kier molecular flexibility index (Phi) is 5.35. The molecule has 6 nitrogen and oxygen atoms in total. The lowest BCUT2D eigenvalue weighted by atomic mass is 10.0. The fraction of sp³-hybridized carbons (Fsp3) is 0.190. The van der Waals surface area contributed by atoms with Crippen LogP contribution in [-0.4, -0.2) is 28.9 Å². The smallest absolute Gasteiger partial charge is 0.289 e. The molecule has 2 N–H and O–H groups in total. The predicted molar refractivity (Wildman–Crippen MR) is 106 cm³/mol. The fourth-order valence-corrected chi connectivity index (χ4v) is 2.59. The Balaban J connectivity index is 1.73. The summed E-state index contributed by atoms with van der Waals surface area (Å²) < 4.78 is 5.20. The maximum atomic E-state index is 12.4. The number of ether oxygens (including phenoxy) is 1. The largest absolute Gasteiger partial charge is 0.497 e. The molecule has 0 radical (unpaired) electrons. The summed E-state index contributed by atoms with van der Waals surface area (Å²) in [7, 11) is 1.61. The molecule has 0 spiro atoms. The third-order valence-electron chi connectivity index (χ3n) is 4.44. The zero-order valence-corrected chi connectivity index (χ0v) is 15.8. The first kappa shape index (κ1) is 18.4. The third-order valence-corrected chi connectivity index (χ3v) is 4.44. The molecule has 27 heavy (non-hydrogen) atoms. The number of carbonyl (C=O) groups excluding carboxylic acids is 1. The molecule has 0 aliphatic carbocycles. The molecular formula is C21H22N4O2. The standard InChI is InChI=1S/C21H22N4O2/c1-13-8-9-17(10-14(13)2)19-12-20(24-23-19)21(26)25-22-15(3)16-6-5-7-18(11-16)27-4/h5-12H,1-4H3,(H,23,24)(H,25,26)/b22-15-. The van der Waals surface area contributed by atoms with Crippen molar-refractivity contribution in [1.29, 1.82) is 0 Å². The first-order chi connectivity index (χ1) is 13.0. The average molecular weight is 362 g/mol. The first-order valence-corrected chi connectivity index (χ1v) is 8.60. The van der Waals surface area contributed by atoms with Gasteiger partial charge in [-0.15, -0.1) is 0 Å². The quantitative estimate of drug-likeness (QED) is 0.534. The molecule has 0 saturated carbocycles. The number of hydrogen-bond acceptors (Lipinski definition) is 4. The zero-order valence-electron chi connectivity index (χ0n) is 15.8. The summed E-state index contributed by atoms with van der Waals surface area (Å²) in [5.41, 5.74) is 8.54. The van der Waals surface area contributed by atoms with Crippen LogP contribution in [0.25, 0.3) is 11.3 Å². The normalized spacial score (nSPS) is 11.3. The minimum absolute atomic E-state index is 0.347. The van der Waals surface area contributed by atoms with Crippen LogP contribution >= 0.6 is 0 Å². The molecule has 3 aromatic rings. The highest BCUT2D eigenvalue weighted by molar-refractivity contribution is 6.00. The number of amides is 1. The van der Waals surface area contributed by atoms with Gasteiger partial charge in [-0.05, 0) is 56.2 Å². The van der Waals surface area contributed by atoms with Gasteiger partial charge in [0.1, 0.15) is 11.4 Å². The van der Waals surface area contributed by atoms with Crippen LogP contribution in [0.1, 0.15) is 34.1 Å². The van der Waals surface area contributed by atoms with Crippen LogP contribution < -0.4 is 10.2 Å².